The maximum atomic E-state index is 15.7. The number of anilines is 1. The Morgan fingerprint density at radius 1 is 1.04 bits per heavy atom. The zero-order valence-electron chi connectivity index (χ0n) is 25.1. The van der Waals surface area contributed by atoms with E-state index < -0.39 is 23.5 Å². The van der Waals surface area contributed by atoms with Crippen molar-refractivity contribution >= 4 is 11.7 Å². The number of hydrogen-bond acceptors (Lipinski definition) is 6. The minimum Gasteiger partial charge on any atom is -0.310 e. The van der Waals surface area contributed by atoms with Gasteiger partial charge in [-0.1, -0.05) is 18.2 Å². The standard InChI is InChI=1S/C33H30F4N8O/c1-19(2)44-18-39-42-31(44)26-4-3-5-29(40-26)41-32(46)24-13-27-22(12-25(24)34)15-43(14-20-6-10-23(11-7-20)33(35,36)37)16-28-30(21-8-9-21)38-17-45(27)28/h3-7,10-13,17-19,21H,8-9,14-16H2,1-2H3,(H,40,41,46). The van der Waals surface area contributed by atoms with Crippen LogP contribution >= 0.6 is 0 Å². The molecule has 46 heavy (non-hydrogen) atoms. The molecule has 3 aromatic heterocycles. The van der Waals surface area contributed by atoms with Crippen molar-refractivity contribution in [1.82, 2.24) is 34.2 Å². The predicted octanol–water partition coefficient (Wildman–Crippen LogP) is 6.91. The molecule has 4 heterocycles. The maximum absolute atomic E-state index is 15.7. The first kappa shape index (κ1) is 29.8. The van der Waals surface area contributed by atoms with Crippen LogP contribution < -0.4 is 5.32 Å². The molecule has 0 radical (unpaired) electrons. The lowest BCUT2D eigenvalue weighted by atomic mass is 10.1. The van der Waals surface area contributed by atoms with Gasteiger partial charge in [0.25, 0.3) is 5.91 Å². The first-order chi connectivity index (χ1) is 22.0. The van der Waals surface area contributed by atoms with Crippen LogP contribution in [-0.4, -0.2) is 40.1 Å². The molecule has 0 unspecified atom stereocenters. The number of carbonyl (C=O) groups is 1. The number of nitrogens with one attached hydrogen (secondary N) is 1. The van der Waals surface area contributed by atoms with E-state index in [1.54, 1.807) is 30.9 Å². The molecular formula is C33H30F4N8O. The molecular weight excluding hydrogens is 600 g/mol. The molecule has 2 aliphatic rings. The van der Waals surface area contributed by atoms with Crippen molar-refractivity contribution in [3.63, 3.8) is 0 Å². The molecule has 236 valence electrons. The molecule has 1 saturated carbocycles. The molecule has 9 nitrogen and oxygen atoms in total. The first-order valence-electron chi connectivity index (χ1n) is 15.0. The summed E-state index contributed by atoms with van der Waals surface area (Å²) in [6.45, 7) is 5.12. The first-order valence-corrected chi connectivity index (χ1v) is 15.0. The average Bonchev–Trinajstić information content (AvgIpc) is 3.61. The molecule has 0 bridgehead atoms. The van der Waals surface area contributed by atoms with Crippen LogP contribution in [0.15, 0.2) is 67.3 Å². The summed E-state index contributed by atoms with van der Waals surface area (Å²) in [6, 6.07) is 13.2. The number of halogens is 4. The predicted molar refractivity (Wildman–Crippen MR) is 161 cm³/mol. The fourth-order valence-corrected chi connectivity index (χ4v) is 5.87. The Labute approximate surface area is 261 Å². The summed E-state index contributed by atoms with van der Waals surface area (Å²) in [5.74, 6) is -0.258. The van der Waals surface area contributed by atoms with E-state index in [0.29, 0.717) is 53.9 Å². The van der Waals surface area contributed by atoms with Gasteiger partial charge in [0.15, 0.2) is 5.82 Å². The minimum absolute atomic E-state index is 0.0954. The van der Waals surface area contributed by atoms with Crippen molar-refractivity contribution in [3.05, 3.63) is 107 Å². The molecule has 7 rings (SSSR count). The lowest BCUT2D eigenvalue weighted by Gasteiger charge is -2.21. The fourth-order valence-electron chi connectivity index (χ4n) is 5.87. The number of fused-ring (bicyclic) bond motifs is 3. The van der Waals surface area contributed by atoms with E-state index in [4.69, 9.17) is 4.98 Å². The largest absolute Gasteiger partial charge is 0.416 e. The van der Waals surface area contributed by atoms with E-state index in [1.807, 2.05) is 23.0 Å². The van der Waals surface area contributed by atoms with Gasteiger partial charge in [-0.3, -0.25) is 9.69 Å². The van der Waals surface area contributed by atoms with Crippen molar-refractivity contribution < 1.29 is 22.4 Å². The van der Waals surface area contributed by atoms with Crippen LogP contribution in [0.4, 0.5) is 23.4 Å². The van der Waals surface area contributed by atoms with Crippen LogP contribution in [-0.2, 0) is 25.8 Å². The maximum Gasteiger partial charge on any atom is 0.416 e. The monoisotopic (exact) mass is 630 g/mol. The van der Waals surface area contributed by atoms with Gasteiger partial charge in [-0.2, -0.15) is 13.2 Å². The normalized spacial score (nSPS) is 15.0. The smallest absolute Gasteiger partial charge is 0.310 e. The Morgan fingerprint density at radius 2 is 1.83 bits per heavy atom. The third-order valence-electron chi connectivity index (χ3n) is 8.34. The van der Waals surface area contributed by atoms with Gasteiger partial charge in [0.05, 0.1) is 34.5 Å². The van der Waals surface area contributed by atoms with Gasteiger partial charge in [-0.15, -0.1) is 10.2 Å². The summed E-state index contributed by atoms with van der Waals surface area (Å²) in [5.41, 5.74) is 3.49. The minimum atomic E-state index is -4.42. The van der Waals surface area contributed by atoms with Gasteiger partial charge >= 0.3 is 6.18 Å². The lowest BCUT2D eigenvalue weighted by Crippen LogP contribution is -2.22. The highest BCUT2D eigenvalue weighted by Gasteiger charge is 2.33. The molecule has 5 aromatic rings. The van der Waals surface area contributed by atoms with Gasteiger partial charge in [-0.25, -0.2) is 14.4 Å². The number of nitrogens with zero attached hydrogens (tertiary/aromatic N) is 7. The number of amides is 1. The van der Waals surface area contributed by atoms with E-state index in [-0.39, 0.29) is 17.4 Å². The Kier molecular flexibility index (Phi) is 7.42. The van der Waals surface area contributed by atoms with Gasteiger partial charge in [0.2, 0.25) is 0 Å². The number of carbonyl (C=O) groups excluding carboxylic acids is 1. The highest BCUT2D eigenvalue weighted by molar-refractivity contribution is 6.04. The third-order valence-corrected chi connectivity index (χ3v) is 8.34. The number of imidazole rings is 1. The Balaban J connectivity index is 1.19. The van der Waals surface area contributed by atoms with Gasteiger partial charge in [0.1, 0.15) is 23.7 Å². The van der Waals surface area contributed by atoms with E-state index in [0.717, 1.165) is 36.4 Å². The number of pyridine rings is 1. The number of benzene rings is 2. The van der Waals surface area contributed by atoms with Crippen molar-refractivity contribution in [3.8, 4) is 17.2 Å². The van der Waals surface area contributed by atoms with Crippen molar-refractivity contribution in [2.75, 3.05) is 5.32 Å². The second-order valence-corrected chi connectivity index (χ2v) is 12.0. The van der Waals surface area contributed by atoms with E-state index in [9.17, 15) is 18.0 Å². The number of alkyl halides is 3. The zero-order valence-corrected chi connectivity index (χ0v) is 25.1. The molecule has 1 fully saturated rings. The van der Waals surface area contributed by atoms with E-state index >= 15 is 4.39 Å². The van der Waals surface area contributed by atoms with Gasteiger partial charge in [0, 0.05) is 31.6 Å². The quantitative estimate of drug-likeness (QED) is 0.197. The van der Waals surface area contributed by atoms with Gasteiger partial charge in [-0.05, 0) is 74.2 Å². The molecule has 1 amide bonds. The number of aromatic nitrogens is 6. The molecule has 0 saturated heterocycles. The van der Waals surface area contributed by atoms with Crippen molar-refractivity contribution in [1.29, 1.82) is 0 Å². The summed E-state index contributed by atoms with van der Waals surface area (Å²) in [4.78, 5) is 24.8. The SMILES string of the molecule is CC(C)n1cnnc1-c1cccc(NC(=O)c2cc3c(cc2F)CN(Cc2ccc(C(F)(F)F)cc2)Cc2c(C4CC4)ncn2-3)n1. The average molecular weight is 631 g/mol. The Morgan fingerprint density at radius 3 is 2.54 bits per heavy atom. The molecule has 0 atom stereocenters. The third kappa shape index (κ3) is 5.78. The second kappa shape index (κ2) is 11.5. The van der Waals surface area contributed by atoms with Crippen LogP contribution in [0.3, 0.4) is 0 Å². The molecule has 13 heteroatoms. The topological polar surface area (TPSA) is 93.8 Å². The number of hydrogen-bond donors (Lipinski definition) is 1. The summed E-state index contributed by atoms with van der Waals surface area (Å²) in [5, 5.41) is 10.9. The van der Waals surface area contributed by atoms with Crippen molar-refractivity contribution in [2.45, 2.75) is 64.5 Å². The highest BCUT2D eigenvalue weighted by Crippen LogP contribution is 2.43. The number of rotatable bonds is 7. The van der Waals surface area contributed by atoms with E-state index in [1.165, 1.54) is 24.3 Å². The summed E-state index contributed by atoms with van der Waals surface area (Å²) in [6.07, 6.45) is 0.945. The molecule has 1 N–H and O–H groups in total. The second-order valence-electron chi connectivity index (χ2n) is 12.0. The molecule has 0 spiro atoms. The lowest BCUT2D eigenvalue weighted by molar-refractivity contribution is -0.137. The highest BCUT2D eigenvalue weighted by atomic mass is 19.4. The van der Waals surface area contributed by atoms with Crippen LogP contribution in [0.5, 0.6) is 0 Å². The summed E-state index contributed by atoms with van der Waals surface area (Å²) < 4.78 is 58.8. The van der Waals surface area contributed by atoms with Crippen LogP contribution in [0.1, 0.15) is 77.1 Å². The zero-order chi connectivity index (χ0) is 32.2. The van der Waals surface area contributed by atoms with Crippen molar-refractivity contribution in [2.24, 2.45) is 0 Å². The van der Waals surface area contributed by atoms with Gasteiger partial charge < -0.3 is 14.5 Å². The molecule has 1 aliphatic heterocycles. The summed E-state index contributed by atoms with van der Waals surface area (Å²) in [7, 11) is 0. The Hall–Kier alpha value is -4.91. The Bertz CT molecular complexity index is 1920. The molecule has 1 aliphatic carbocycles. The van der Waals surface area contributed by atoms with Crippen LogP contribution in [0.25, 0.3) is 17.2 Å². The van der Waals surface area contributed by atoms with Crippen LogP contribution in [0.2, 0.25) is 0 Å². The molecule has 2 aromatic carbocycles. The summed E-state index contributed by atoms with van der Waals surface area (Å²) >= 11 is 0. The van der Waals surface area contributed by atoms with Crippen LogP contribution in [0, 0.1) is 5.82 Å². The fraction of sp³-hybridized carbons (Fsp3) is 0.303. The van der Waals surface area contributed by atoms with E-state index in [2.05, 4.69) is 25.4 Å².